The Kier molecular flexibility index (Phi) is 3.16. The highest BCUT2D eigenvalue weighted by Crippen LogP contribution is 2.11. The molecule has 14 heavy (non-hydrogen) atoms. The maximum Gasteiger partial charge on any atom is 0.120 e. The summed E-state index contributed by atoms with van der Waals surface area (Å²) in [4.78, 5) is 0. The third kappa shape index (κ3) is 3.51. The van der Waals surface area contributed by atoms with E-state index in [1.54, 1.807) is 7.11 Å². The zero-order valence-electron chi connectivity index (χ0n) is 8.79. The highest BCUT2D eigenvalue weighted by Gasteiger charge is 2.03. The smallest absolute Gasteiger partial charge is 0.120 e. The molecular weight excluding hydrogens is 174 g/mol. The van der Waals surface area contributed by atoms with Crippen LogP contribution in [0, 0.1) is 11.8 Å². The Balaban J connectivity index is 2.90. The average molecular weight is 189 g/mol. The second-order valence-electron chi connectivity index (χ2n) is 3.70. The molecule has 74 valence electrons. The van der Waals surface area contributed by atoms with Gasteiger partial charge < -0.3 is 10.5 Å². The van der Waals surface area contributed by atoms with Crippen LogP contribution in [-0.4, -0.2) is 12.6 Å². The van der Waals surface area contributed by atoms with Crippen molar-refractivity contribution in [1.82, 2.24) is 0 Å². The molecule has 0 spiro atoms. The first kappa shape index (κ1) is 10.6. The molecule has 0 aromatic heterocycles. The van der Waals surface area contributed by atoms with E-state index in [0.717, 1.165) is 11.3 Å². The lowest BCUT2D eigenvalue weighted by atomic mass is 10.1. The summed E-state index contributed by atoms with van der Waals surface area (Å²) in [6.45, 7) is 3.75. The SMILES string of the molecule is COc1cccc(C#CC(C)(C)N)c1. The molecule has 0 aliphatic carbocycles. The van der Waals surface area contributed by atoms with Crippen molar-refractivity contribution < 1.29 is 4.74 Å². The minimum Gasteiger partial charge on any atom is -0.497 e. The van der Waals surface area contributed by atoms with E-state index in [9.17, 15) is 0 Å². The Hall–Kier alpha value is -1.46. The quantitative estimate of drug-likeness (QED) is 0.683. The number of nitrogens with two attached hydrogens (primary N) is 1. The number of hydrogen-bond acceptors (Lipinski definition) is 2. The van der Waals surface area contributed by atoms with Crippen molar-refractivity contribution >= 4 is 0 Å². The van der Waals surface area contributed by atoms with Gasteiger partial charge in [0.1, 0.15) is 5.75 Å². The van der Waals surface area contributed by atoms with Crippen molar-refractivity contribution in [3.05, 3.63) is 29.8 Å². The van der Waals surface area contributed by atoms with Gasteiger partial charge in [-0.25, -0.2) is 0 Å². The minimum absolute atomic E-state index is 0.455. The van der Waals surface area contributed by atoms with E-state index in [1.807, 2.05) is 38.1 Å². The number of benzene rings is 1. The molecule has 0 heterocycles. The lowest BCUT2D eigenvalue weighted by molar-refractivity contribution is 0.414. The maximum atomic E-state index is 5.75. The van der Waals surface area contributed by atoms with Crippen molar-refractivity contribution in [2.24, 2.45) is 5.73 Å². The van der Waals surface area contributed by atoms with Gasteiger partial charge in [-0.15, -0.1) is 0 Å². The van der Waals surface area contributed by atoms with Crippen LogP contribution in [0.15, 0.2) is 24.3 Å². The maximum absolute atomic E-state index is 5.75. The normalized spacial score (nSPS) is 10.3. The Morgan fingerprint density at radius 3 is 2.64 bits per heavy atom. The molecule has 0 amide bonds. The van der Waals surface area contributed by atoms with Crippen LogP contribution in [0.25, 0.3) is 0 Å². The van der Waals surface area contributed by atoms with Crippen LogP contribution in [0.4, 0.5) is 0 Å². The summed E-state index contributed by atoms with van der Waals surface area (Å²) in [6, 6.07) is 7.62. The largest absolute Gasteiger partial charge is 0.497 e. The summed E-state index contributed by atoms with van der Waals surface area (Å²) in [7, 11) is 1.64. The van der Waals surface area contributed by atoms with Gasteiger partial charge in [-0.05, 0) is 32.0 Å². The third-order valence-corrected chi connectivity index (χ3v) is 1.60. The Morgan fingerprint density at radius 2 is 2.07 bits per heavy atom. The number of rotatable bonds is 1. The van der Waals surface area contributed by atoms with Gasteiger partial charge in [0, 0.05) is 5.56 Å². The van der Waals surface area contributed by atoms with Crippen LogP contribution in [-0.2, 0) is 0 Å². The molecule has 0 saturated carbocycles. The molecule has 0 unspecified atom stereocenters. The molecule has 0 bridgehead atoms. The lowest BCUT2D eigenvalue weighted by Gasteiger charge is -2.07. The Bertz CT molecular complexity index is 366. The molecule has 0 atom stereocenters. The number of methoxy groups -OCH3 is 1. The summed E-state index contributed by atoms with van der Waals surface area (Å²) in [5.74, 6) is 6.78. The Labute approximate surface area is 85.1 Å². The molecule has 0 fully saturated rings. The molecule has 0 saturated heterocycles. The first-order chi connectivity index (χ1) is 6.51. The molecule has 1 aromatic carbocycles. The standard InChI is InChI=1S/C12H15NO/c1-12(2,13)8-7-10-5-4-6-11(9-10)14-3/h4-6,9H,13H2,1-3H3. The van der Waals surface area contributed by atoms with E-state index in [2.05, 4.69) is 11.8 Å². The van der Waals surface area contributed by atoms with Crippen molar-refractivity contribution in [1.29, 1.82) is 0 Å². The van der Waals surface area contributed by atoms with Crippen molar-refractivity contribution in [2.45, 2.75) is 19.4 Å². The molecule has 0 aliphatic heterocycles. The first-order valence-corrected chi connectivity index (χ1v) is 4.47. The van der Waals surface area contributed by atoms with Crippen molar-refractivity contribution in [2.75, 3.05) is 7.11 Å². The van der Waals surface area contributed by atoms with E-state index < -0.39 is 5.54 Å². The lowest BCUT2D eigenvalue weighted by Crippen LogP contribution is -2.29. The zero-order valence-corrected chi connectivity index (χ0v) is 8.79. The van der Waals surface area contributed by atoms with Crippen LogP contribution in [0.3, 0.4) is 0 Å². The van der Waals surface area contributed by atoms with Gasteiger partial charge in [0.2, 0.25) is 0 Å². The van der Waals surface area contributed by atoms with Crippen LogP contribution >= 0.6 is 0 Å². The van der Waals surface area contributed by atoms with E-state index in [4.69, 9.17) is 10.5 Å². The molecule has 2 nitrogen and oxygen atoms in total. The van der Waals surface area contributed by atoms with Gasteiger partial charge >= 0.3 is 0 Å². The van der Waals surface area contributed by atoms with Crippen molar-refractivity contribution in [3.63, 3.8) is 0 Å². The topological polar surface area (TPSA) is 35.2 Å². The van der Waals surface area contributed by atoms with Crippen molar-refractivity contribution in [3.8, 4) is 17.6 Å². The summed E-state index contributed by atoms with van der Waals surface area (Å²) < 4.78 is 5.09. The van der Waals surface area contributed by atoms with Gasteiger partial charge in [0.25, 0.3) is 0 Å². The first-order valence-electron chi connectivity index (χ1n) is 4.47. The second-order valence-corrected chi connectivity index (χ2v) is 3.70. The Morgan fingerprint density at radius 1 is 1.36 bits per heavy atom. The molecule has 1 rings (SSSR count). The fourth-order valence-corrected chi connectivity index (χ4v) is 0.934. The third-order valence-electron chi connectivity index (χ3n) is 1.60. The fourth-order valence-electron chi connectivity index (χ4n) is 0.934. The molecule has 1 aromatic rings. The van der Waals surface area contributed by atoms with Crippen LogP contribution in [0.5, 0.6) is 5.75 Å². The van der Waals surface area contributed by atoms with Gasteiger partial charge in [0.15, 0.2) is 0 Å². The minimum atomic E-state index is -0.455. The second kappa shape index (κ2) is 4.17. The molecule has 2 N–H and O–H groups in total. The van der Waals surface area contributed by atoms with Gasteiger partial charge in [0.05, 0.1) is 12.6 Å². The molecular formula is C12H15NO. The highest BCUT2D eigenvalue weighted by molar-refractivity contribution is 5.41. The molecule has 0 aliphatic rings. The van der Waals surface area contributed by atoms with Crippen LogP contribution in [0.2, 0.25) is 0 Å². The predicted molar refractivity (Wildman–Crippen MR) is 58.1 cm³/mol. The van der Waals surface area contributed by atoms with E-state index in [-0.39, 0.29) is 0 Å². The number of ether oxygens (including phenoxy) is 1. The van der Waals surface area contributed by atoms with E-state index in [0.29, 0.717) is 0 Å². The summed E-state index contributed by atoms with van der Waals surface area (Å²) in [5, 5.41) is 0. The number of hydrogen-bond donors (Lipinski definition) is 1. The summed E-state index contributed by atoms with van der Waals surface area (Å²) in [5.41, 5.74) is 6.21. The van der Waals surface area contributed by atoms with Gasteiger partial charge in [-0.3, -0.25) is 0 Å². The summed E-state index contributed by atoms with van der Waals surface area (Å²) in [6.07, 6.45) is 0. The summed E-state index contributed by atoms with van der Waals surface area (Å²) >= 11 is 0. The van der Waals surface area contributed by atoms with Gasteiger partial charge in [-0.1, -0.05) is 17.9 Å². The van der Waals surface area contributed by atoms with Gasteiger partial charge in [-0.2, -0.15) is 0 Å². The van der Waals surface area contributed by atoms with Crippen LogP contribution < -0.4 is 10.5 Å². The monoisotopic (exact) mass is 189 g/mol. The fraction of sp³-hybridized carbons (Fsp3) is 0.333. The predicted octanol–water partition coefficient (Wildman–Crippen LogP) is 1.78. The zero-order chi connectivity index (χ0) is 10.6. The molecule has 2 heteroatoms. The van der Waals surface area contributed by atoms with Crippen LogP contribution in [0.1, 0.15) is 19.4 Å². The van der Waals surface area contributed by atoms with E-state index >= 15 is 0 Å². The molecule has 0 radical (unpaired) electrons. The highest BCUT2D eigenvalue weighted by atomic mass is 16.5. The average Bonchev–Trinajstić information content (AvgIpc) is 2.14. The van der Waals surface area contributed by atoms with E-state index in [1.165, 1.54) is 0 Å².